The normalized spacial score (nSPS) is 29.9. The molecule has 104 valence electrons. The van der Waals surface area contributed by atoms with Crippen LogP contribution in [0.1, 0.15) is 39.5 Å². The van der Waals surface area contributed by atoms with Gasteiger partial charge in [0.15, 0.2) is 0 Å². The Morgan fingerprint density at radius 3 is 2.50 bits per heavy atom. The van der Waals surface area contributed by atoms with E-state index in [1.54, 1.807) is 0 Å². The summed E-state index contributed by atoms with van der Waals surface area (Å²) in [6.45, 7) is 8.99. The summed E-state index contributed by atoms with van der Waals surface area (Å²) < 4.78 is 0. The molecule has 18 heavy (non-hydrogen) atoms. The standard InChI is InChI=1S/C15H28N2O/c1-12(2)3-6-17-7-4-14(5-8-17)16-11-13-9-15(18)10-13/h3,13-16,18H,4-11H2,1-2H3. The molecule has 1 saturated heterocycles. The third kappa shape index (κ3) is 4.38. The van der Waals surface area contributed by atoms with Crippen LogP contribution in [0.2, 0.25) is 0 Å². The number of hydrogen-bond donors (Lipinski definition) is 2. The summed E-state index contributed by atoms with van der Waals surface area (Å²) in [5.41, 5.74) is 1.42. The highest BCUT2D eigenvalue weighted by atomic mass is 16.3. The van der Waals surface area contributed by atoms with Crippen molar-refractivity contribution in [1.82, 2.24) is 10.2 Å². The number of aliphatic hydroxyl groups excluding tert-OH is 1. The van der Waals surface area contributed by atoms with E-state index in [9.17, 15) is 5.11 Å². The Balaban J connectivity index is 1.57. The van der Waals surface area contributed by atoms with Crippen LogP contribution in [0, 0.1) is 5.92 Å². The molecule has 3 heteroatoms. The van der Waals surface area contributed by atoms with Gasteiger partial charge in [0.05, 0.1) is 6.10 Å². The molecule has 0 atom stereocenters. The van der Waals surface area contributed by atoms with E-state index in [4.69, 9.17) is 0 Å². The predicted molar refractivity (Wildman–Crippen MR) is 75.6 cm³/mol. The van der Waals surface area contributed by atoms with E-state index in [1.165, 1.54) is 31.5 Å². The summed E-state index contributed by atoms with van der Waals surface area (Å²) in [7, 11) is 0. The fraction of sp³-hybridized carbons (Fsp3) is 0.867. The van der Waals surface area contributed by atoms with Gasteiger partial charge >= 0.3 is 0 Å². The van der Waals surface area contributed by atoms with Crippen molar-refractivity contribution in [2.75, 3.05) is 26.2 Å². The number of allylic oxidation sites excluding steroid dienone is 1. The first kappa shape index (κ1) is 14.0. The van der Waals surface area contributed by atoms with Crippen molar-refractivity contribution in [2.24, 2.45) is 5.92 Å². The second kappa shape index (κ2) is 6.69. The van der Waals surface area contributed by atoms with Crippen molar-refractivity contribution < 1.29 is 5.11 Å². The van der Waals surface area contributed by atoms with E-state index in [0.717, 1.165) is 31.8 Å². The molecular formula is C15H28N2O. The van der Waals surface area contributed by atoms with Gasteiger partial charge in [-0.15, -0.1) is 0 Å². The van der Waals surface area contributed by atoms with Gasteiger partial charge in [-0.3, -0.25) is 4.90 Å². The first-order chi connectivity index (χ1) is 8.63. The third-order valence-corrected chi connectivity index (χ3v) is 4.25. The predicted octanol–water partition coefficient (Wildman–Crippen LogP) is 1.78. The van der Waals surface area contributed by atoms with Crippen molar-refractivity contribution in [1.29, 1.82) is 0 Å². The van der Waals surface area contributed by atoms with E-state index in [2.05, 4.69) is 30.1 Å². The van der Waals surface area contributed by atoms with E-state index in [-0.39, 0.29) is 6.10 Å². The van der Waals surface area contributed by atoms with Crippen LogP contribution in [0.3, 0.4) is 0 Å². The molecule has 1 saturated carbocycles. The molecule has 2 fully saturated rings. The molecule has 3 nitrogen and oxygen atoms in total. The van der Waals surface area contributed by atoms with Crippen molar-refractivity contribution >= 4 is 0 Å². The quantitative estimate of drug-likeness (QED) is 0.732. The molecular weight excluding hydrogens is 224 g/mol. The lowest BCUT2D eigenvalue weighted by Crippen LogP contribution is -2.45. The van der Waals surface area contributed by atoms with Crippen LogP contribution in [0.25, 0.3) is 0 Å². The average molecular weight is 252 g/mol. The Morgan fingerprint density at radius 1 is 1.28 bits per heavy atom. The first-order valence-corrected chi connectivity index (χ1v) is 7.40. The fourth-order valence-corrected chi connectivity index (χ4v) is 2.83. The Hall–Kier alpha value is -0.380. The third-order valence-electron chi connectivity index (χ3n) is 4.25. The van der Waals surface area contributed by atoms with Gasteiger partial charge in [-0.25, -0.2) is 0 Å². The van der Waals surface area contributed by atoms with Crippen molar-refractivity contribution in [3.8, 4) is 0 Å². The molecule has 0 spiro atoms. The first-order valence-electron chi connectivity index (χ1n) is 7.40. The van der Waals surface area contributed by atoms with Crippen LogP contribution in [0.4, 0.5) is 0 Å². The van der Waals surface area contributed by atoms with Crippen LogP contribution in [-0.4, -0.2) is 48.3 Å². The van der Waals surface area contributed by atoms with Gasteiger partial charge in [-0.1, -0.05) is 11.6 Å². The number of aliphatic hydroxyl groups is 1. The number of piperidine rings is 1. The summed E-state index contributed by atoms with van der Waals surface area (Å²) in [6, 6.07) is 0.700. The molecule has 1 heterocycles. The molecule has 0 bridgehead atoms. The Morgan fingerprint density at radius 2 is 1.94 bits per heavy atom. The lowest BCUT2D eigenvalue weighted by atomic mass is 9.82. The maximum absolute atomic E-state index is 9.25. The van der Waals surface area contributed by atoms with E-state index in [0.29, 0.717) is 6.04 Å². The Labute approximate surface area is 111 Å². The van der Waals surface area contributed by atoms with Crippen molar-refractivity contribution in [2.45, 2.75) is 51.7 Å². The van der Waals surface area contributed by atoms with E-state index < -0.39 is 0 Å². The molecule has 1 aliphatic heterocycles. The fourth-order valence-electron chi connectivity index (χ4n) is 2.83. The molecule has 0 aromatic heterocycles. The van der Waals surface area contributed by atoms with Gasteiger partial charge in [-0.2, -0.15) is 0 Å². The van der Waals surface area contributed by atoms with Crippen LogP contribution in [0.15, 0.2) is 11.6 Å². The highest BCUT2D eigenvalue weighted by molar-refractivity contribution is 4.95. The Bertz CT molecular complexity index is 272. The molecule has 1 aliphatic carbocycles. The molecule has 0 aromatic rings. The van der Waals surface area contributed by atoms with Crippen LogP contribution >= 0.6 is 0 Å². The number of nitrogens with one attached hydrogen (secondary N) is 1. The van der Waals surface area contributed by atoms with Gasteiger partial charge < -0.3 is 10.4 Å². The zero-order chi connectivity index (χ0) is 13.0. The minimum Gasteiger partial charge on any atom is -0.393 e. The summed E-state index contributed by atoms with van der Waals surface area (Å²) in [6.07, 6.45) is 6.86. The van der Waals surface area contributed by atoms with Gasteiger partial charge in [0.1, 0.15) is 0 Å². The monoisotopic (exact) mass is 252 g/mol. The maximum Gasteiger partial charge on any atom is 0.0546 e. The van der Waals surface area contributed by atoms with Crippen LogP contribution < -0.4 is 5.32 Å². The molecule has 0 radical (unpaired) electrons. The largest absolute Gasteiger partial charge is 0.393 e. The minimum atomic E-state index is -0.0114. The van der Waals surface area contributed by atoms with Gasteiger partial charge in [-0.05, 0) is 65.1 Å². The zero-order valence-corrected chi connectivity index (χ0v) is 11.9. The lowest BCUT2D eigenvalue weighted by molar-refractivity contribution is 0.0406. The number of likely N-dealkylation sites (tertiary alicyclic amines) is 1. The number of hydrogen-bond acceptors (Lipinski definition) is 3. The molecule has 0 unspecified atom stereocenters. The smallest absolute Gasteiger partial charge is 0.0546 e. The second-order valence-corrected chi connectivity index (χ2v) is 6.26. The molecule has 0 amide bonds. The summed E-state index contributed by atoms with van der Waals surface area (Å²) in [4.78, 5) is 2.54. The minimum absolute atomic E-state index is 0.0114. The highest BCUT2D eigenvalue weighted by Gasteiger charge is 2.27. The van der Waals surface area contributed by atoms with Crippen LogP contribution in [0.5, 0.6) is 0 Å². The van der Waals surface area contributed by atoms with Gasteiger partial charge in [0.25, 0.3) is 0 Å². The number of rotatable bonds is 5. The second-order valence-electron chi connectivity index (χ2n) is 6.26. The topological polar surface area (TPSA) is 35.5 Å². The maximum atomic E-state index is 9.25. The molecule has 0 aromatic carbocycles. The van der Waals surface area contributed by atoms with Gasteiger partial charge in [0.2, 0.25) is 0 Å². The van der Waals surface area contributed by atoms with Gasteiger partial charge in [0, 0.05) is 12.6 Å². The number of nitrogens with zero attached hydrogens (tertiary/aromatic N) is 1. The summed E-state index contributed by atoms with van der Waals surface area (Å²) >= 11 is 0. The SMILES string of the molecule is CC(C)=CCN1CCC(NCC2CC(O)C2)CC1. The molecule has 2 aliphatic rings. The Kier molecular flexibility index (Phi) is 5.22. The summed E-state index contributed by atoms with van der Waals surface area (Å²) in [5.74, 6) is 0.726. The van der Waals surface area contributed by atoms with Crippen molar-refractivity contribution in [3.63, 3.8) is 0 Å². The highest BCUT2D eigenvalue weighted by Crippen LogP contribution is 2.26. The molecule has 2 N–H and O–H groups in total. The lowest BCUT2D eigenvalue weighted by Gasteiger charge is -2.36. The van der Waals surface area contributed by atoms with Crippen LogP contribution in [-0.2, 0) is 0 Å². The summed E-state index contributed by atoms with van der Waals surface area (Å²) in [5, 5.41) is 12.9. The van der Waals surface area contributed by atoms with E-state index in [1.807, 2.05) is 0 Å². The van der Waals surface area contributed by atoms with Crippen molar-refractivity contribution in [3.05, 3.63) is 11.6 Å². The average Bonchev–Trinajstić information content (AvgIpc) is 2.32. The zero-order valence-electron chi connectivity index (χ0n) is 11.9. The van der Waals surface area contributed by atoms with E-state index >= 15 is 0 Å². The molecule has 2 rings (SSSR count).